The molecule has 96 valence electrons. The molecule has 0 amide bonds. The van der Waals surface area contributed by atoms with Crippen LogP contribution in [0.1, 0.15) is 5.56 Å². The van der Waals surface area contributed by atoms with Gasteiger partial charge in [0.05, 0.1) is 21.1 Å². The molecular formula is C14H10Br2N2O. The average Bonchev–Trinajstić information content (AvgIpc) is 2.84. The summed E-state index contributed by atoms with van der Waals surface area (Å²) in [5.74, 6) is 0.847. The molecule has 5 heteroatoms. The van der Waals surface area contributed by atoms with Crippen LogP contribution in [0.3, 0.4) is 0 Å². The van der Waals surface area contributed by atoms with Crippen molar-refractivity contribution in [2.24, 2.45) is 0 Å². The van der Waals surface area contributed by atoms with E-state index in [-0.39, 0.29) is 5.75 Å². The Bertz CT molecular complexity index is 747. The Kier molecular flexibility index (Phi) is 3.11. The van der Waals surface area contributed by atoms with Crippen LogP contribution in [0, 0.1) is 6.92 Å². The normalized spacial score (nSPS) is 11.1. The van der Waals surface area contributed by atoms with Crippen LogP contribution < -0.4 is 0 Å². The van der Waals surface area contributed by atoms with Crippen molar-refractivity contribution < 1.29 is 5.11 Å². The molecule has 0 atom stereocenters. The van der Waals surface area contributed by atoms with Gasteiger partial charge in [0.25, 0.3) is 0 Å². The minimum atomic E-state index is 0.194. The number of phenolic OH excluding ortho intramolecular Hbond substituents is 1. The molecule has 0 saturated carbocycles. The largest absolute Gasteiger partial charge is 0.506 e. The number of para-hydroxylation sites is 2. The molecule has 3 nitrogen and oxygen atoms in total. The monoisotopic (exact) mass is 380 g/mol. The van der Waals surface area contributed by atoms with Crippen LogP contribution in [0.15, 0.2) is 39.3 Å². The summed E-state index contributed by atoms with van der Waals surface area (Å²) in [6.07, 6.45) is 0. The summed E-state index contributed by atoms with van der Waals surface area (Å²) < 4.78 is 1.60. The third-order valence-electron chi connectivity index (χ3n) is 3.07. The van der Waals surface area contributed by atoms with Gasteiger partial charge >= 0.3 is 0 Å². The Morgan fingerprint density at radius 2 is 1.95 bits per heavy atom. The molecule has 0 unspecified atom stereocenters. The third-order valence-corrected chi connectivity index (χ3v) is 4.86. The van der Waals surface area contributed by atoms with E-state index in [4.69, 9.17) is 0 Å². The second kappa shape index (κ2) is 4.65. The highest BCUT2D eigenvalue weighted by Crippen LogP contribution is 2.40. The molecule has 2 aromatic carbocycles. The van der Waals surface area contributed by atoms with Gasteiger partial charge in [-0.1, -0.05) is 28.1 Å². The fraction of sp³-hybridized carbons (Fsp3) is 0.0714. The highest BCUT2D eigenvalue weighted by atomic mass is 79.9. The Balaban J connectivity index is 2.27. The maximum atomic E-state index is 10.3. The Morgan fingerprint density at radius 3 is 2.68 bits per heavy atom. The van der Waals surface area contributed by atoms with Crippen molar-refractivity contribution in [3.05, 3.63) is 44.8 Å². The van der Waals surface area contributed by atoms with Gasteiger partial charge in [0.15, 0.2) is 0 Å². The van der Waals surface area contributed by atoms with Crippen LogP contribution in [0.2, 0.25) is 0 Å². The molecule has 0 aliphatic heterocycles. The molecule has 19 heavy (non-hydrogen) atoms. The molecular weight excluding hydrogens is 372 g/mol. The van der Waals surface area contributed by atoms with Crippen molar-refractivity contribution in [2.75, 3.05) is 0 Å². The first-order valence-corrected chi connectivity index (χ1v) is 7.29. The van der Waals surface area contributed by atoms with E-state index in [1.165, 1.54) is 0 Å². The fourth-order valence-electron chi connectivity index (χ4n) is 1.96. The highest BCUT2D eigenvalue weighted by Gasteiger charge is 2.15. The van der Waals surface area contributed by atoms with Crippen LogP contribution in [-0.2, 0) is 0 Å². The van der Waals surface area contributed by atoms with E-state index in [1.54, 1.807) is 0 Å². The first-order chi connectivity index (χ1) is 9.08. The number of hydrogen-bond donors (Lipinski definition) is 2. The average molecular weight is 382 g/mol. The van der Waals surface area contributed by atoms with Crippen molar-refractivity contribution in [3.63, 3.8) is 0 Å². The van der Waals surface area contributed by atoms with Gasteiger partial charge in [-0.15, -0.1) is 0 Å². The zero-order valence-corrected chi connectivity index (χ0v) is 13.2. The summed E-state index contributed by atoms with van der Waals surface area (Å²) in [6.45, 7) is 1.93. The van der Waals surface area contributed by atoms with Crippen molar-refractivity contribution in [1.82, 2.24) is 9.97 Å². The fourth-order valence-corrected chi connectivity index (χ4v) is 3.09. The molecule has 0 aliphatic carbocycles. The molecule has 0 aliphatic rings. The molecule has 0 bridgehead atoms. The topological polar surface area (TPSA) is 48.9 Å². The van der Waals surface area contributed by atoms with E-state index < -0.39 is 0 Å². The molecule has 1 aromatic heterocycles. The lowest BCUT2D eigenvalue weighted by Gasteiger charge is -2.08. The zero-order chi connectivity index (χ0) is 13.6. The van der Waals surface area contributed by atoms with Gasteiger partial charge in [-0.2, -0.15) is 0 Å². The van der Waals surface area contributed by atoms with Crippen molar-refractivity contribution in [3.8, 4) is 17.1 Å². The SMILES string of the molecule is Cc1c(Br)cc(-c2nc3ccccc3[nH]2)c(O)c1Br. The quantitative estimate of drug-likeness (QED) is 0.637. The number of imidazole rings is 1. The molecule has 0 radical (unpaired) electrons. The van der Waals surface area contributed by atoms with Gasteiger partial charge in [0, 0.05) is 4.47 Å². The van der Waals surface area contributed by atoms with Gasteiger partial charge in [-0.3, -0.25) is 0 Å². The smallest absolute Gasteiger partial charge is 0.142 e. The number of rotatable bonds is 1. The molecule has 2 N–H and O–H groups in total. The number of halogens is 2. The lowest BCUT2D eigenvalue weighted by molar-refractivity contribution is 0.473. The van der Waals surface area contributed by atoms with E-state index in [0.717, 1.165) is 21.1 Å². The Morgan fingerprint density at radius 1 is 1.21 bits per heavy atom. The third kappa shape index (κ3) is 2.07. The summed E-state index contributed by atoms with van der Waals surface area (Å²) in [6, 6.07) is 9.65. The van der Waals surface area contributed by atoms with E-state index in [0.29, 0.717) is 15.9 Å². The zero-order valence-electron chi connectivity index (χ0n) is 10.0. The van der Waals surface area contributed by atoms with E-state index >= 15 is 0 Å². The van der Waals surface area contributed by atoms with Crippen molar-refractivity contribution in [2.45, 2.75) is 6.92 Å². The molecule has 3 rings (SSSR count). The summed E-state index contributed by atoms with van der Waals surface area (Å²) in [7, 11) is 0. The molecule has 0 fully saturated rings. The highest BCUT2D eigenvalue weighted by molar-refractivity contribution is 9.11. The summed E-state index contributed by atoms with van der Waals surface area (Å²) >= 11 is 6.89. The van der Waals surface area contributed by atoms with Gasteiger partial charge in [0.1, 0.15) is 11.6 Å². The number of hydrogen-bond acceptors (Lipinski definition) is 2. The maximum Gasteiger partial charge on any atom is 0.142 e. The number of aromatic hydroxyl groups is 1. The standard InChI is InChI=1S/C14H10Br2N2O/c1-7-9(15)6-8(13(19)12(7)16)14-17-10-4-2-3-5-11(10)18-14/h2-6,19H,1H3,(H,17,18). The number of aromatic amines is 1. The Hall–Kier alpha value is -1.33. The maximum absolute atomic E-state index is 10.3. The summed E-state index contributed by atoms with van der Waals surface area (Å²) in [5.41, 5.74) is 3.45. The number of nitrogens with zero attached hydrogens (tertiary/aromatic N) is 1. The number of fused-ring (bicyclic) bond motifs is 1. The summed E-state index contributed by atoms with van der Waals surface area (Å²) in [5, 5.41) is 10.3. The summed E-state index contributed by atoms with van der Waals surface area (Å²) in [4.78, 5) is 7.71. The van der Waals surface area contributed by atoms with Crippen molar-refractivity contribution in [1.29, 1.82) is 0 Å². The lowest BCUT2D eigenvalue weighted by Crippen LogP contribution is -1.87. The van der Waals surface area contributed by atoms with Gasteiger partial charge in [-0.25, -0.2) is 4.98 Å². The number of H-pyrrole nitrogens is 1. The van der Waals surface area contributed by atoms with Gasteiger partial charge in [-0.05, 0) is 46.6 Å². The number of benzene rings is 2. The second-order valence-corrected chi connectivity index (χ2v) is 5.94. The minimum Gasteiger partial charge on any atom is -0.506 e. The van der Waals surface area contributed by atoms with Crippen LogP contribution in [-0.4, -0.2) is 15.1 Å². The Labute approximate surface area is 126 Å². The lowest BCUT2D eigenvalue weighted by atomic mass is 10.1. The van der Waals surface area contributed by atoms with Crippen molar-refractivity contribution >= 4 is 42.9 Å². The second-order valence-electron chi connectivity index (χ2n) is 4.30. The minimum absolute atomic E-state index is 0.194. The van der Waals surface area contributed by atoms with E-state index in [2.05, 4.69) is 41.8 Å². The number of aromatic nitrogens is 2. The van der Waals surface area contributed by atoms with Gasteiger partial charge in [0.2, 0.25) is 0 Å². The number of phenols is 1. The van der Waals surface area contributed by atoms with E-state index in [9.17, 15) is 5.11 Å². The van der Waals surface area contributed by atoms with Crippen LogP contribution in [0.5, 0.6) is 5.75 Å². The van der Waals surface area contributed by atoms with E-state index in [1.807, 2.05) is 37.3 Å². The molecule has 0 saturated heterocycles. The molecule has 1 heterocycles. The first kappa shape index (κ1) is 12.7. The first-order valence-electron chi connectivity index (χ1n) is 5.70. The van der Waals surface area contributed by atoms with Crippen LogP contribution in [0.25, 0.3) is 22.4 Å². The predicted molar refractivity (Wildman–Crippen MR) is 83.3 cm³/mol. The molecule has 0 spiro atoms. The van der Waals surface area contributed by atoms with Crippen LogP contribution >= 0.6 is 31.9 Å². The molecule has 3 aromatic rings. The van der Waals surface area contributed by atoms with Gasteiger partial charge < -0.3 is 10.1 Å². The van der Waals surface area contributed by atoms with Crippen LogP contribution in [0.4, 0.5) is 0 Å². The number of nitrogens with one attached hydrogen (secondary N) is 1. The predicted octanol–water partition coefficient (Wildman–Crippen LogP) is 4.77.